The van der Waals surface area contributed by atoms with Crippen LogP contribution >= 0.6 is 0 Å². The van der Waals surface area contributed by atoms with Gasteiger partial charge in [-0.25, -0.2) is 19.1 Å². The van der Waals surface area contributed by atoms with Gasteiger partial charge in [0.15, 0.2) is 5.71 Å². The number of nitrogens with zero attached hydrogens (tertiary/aromatic N) is 2. The molecule has 2 aromatic carbocycles. The van der Waals surface area contributed by atoms with Gasteiger partial charge in [-0.3, -0.25) is 9.78 Å². The smallest absolute Gasteiger partial charge is 0.357 e. The van der Waals surface area contributed by atoms with Crippen LogP contribution in [0.5, 0.6) is 5.88 Å². The van der Waals surface area contributed by atoms with Crippen LogP contribution in [0.1, 0.15) is 27.8 Å². The number of hydrogen-bond donors (Lipinski definition) is 2. The molecule has 0 amide bonds. The summed E-state index contributed by atoms with van der Waals surface area (Å²) in [5.41, 5.74) is 2.73. The van der Waals surface area contributed by atoms with Gasteiger partial charge in [-0.15, -0.1) is 0 Å². The zero-order valence-corrected chi connectivity index (χ0v) is 18.0. The van der Waals surface area contributed by atoms with E-state index in [-0.39, 0.29) is 11.3 Å². The molecule has 0 fully saturated rings. The molecule has 8 heteroatoms. The molecule has 1 aliphatic rings. The van der Waals surface area contributed by atoms with Crippen molar-refractivity contribution in [3.63, 3.8) is 0 Å². The summed E-state index contributed by atoms with van der Waals surface area (Å²) in [6.45, 7) is 5.57. The molecule has 3 aromatic rings. The van der Waals surface area contributed by atoms with Gasteiger partial charge >= 0.3 is 11.7 Å². The largest absolute Gasteiger partial charge is 0.494 e. The predicted molar refractivity (Wildman–Crippen MR) is 122 cm³/mol. The molecule has 4 rings (SSSR count). The first-order valence-corrected chi connectivity index (χ1v) is 9.88. The Kier molecular flexibility index (Phi) is 5.14. The van der Waals surface area contributed by atoms with E-state index in [0.29, 0.717) is 22.5 Å². The topological polar surface area (TPSA) is 114 Å². The van der Waals surface area contributed by atoms with Crippen molar-refractivity contribution in [2.24, 2.45) is 4.99 Å². The van der Waals surface area contributed by atoms with E-state index < -0.39 is 23.1 Å². The average Bonchev–Trinajstić information content (AvgIpc) is 3.10. The SMILES string of the molecule is COC(=O)C1=Nc2ccccc2/C1=C\c1c(O)n(-c2c(C)cc(C)cc2C)c(=O)[nH]c1=O. The molecule has 0 saturated carbocycles. The monoisotopic (exact) mass is 431 g/mol. The first kappa shape index (κ1) is 21.0. The number of para-hydroxylation sites is 1. The number of nitrogens with one attached hydrogen (secondary N) is 1. The molecule has 1 aliphatic heterocycles. The third kappa shape index (κ3) is 3.35. The number of carbonyl (C=O) groups excluding carboxylic acids is 1. The Morgan fingerprint density at radius 2 is 1.78 bits per heavy atom. The number of methoxy groups -OCH3 is 1. The molecule has 0 saturated heterocycles. The van der Waals surface area contributed by atoms with Crippen LogP contribution < -0.4 is 11.2 Å². The molecule has 0 atom stereocenters. The highest BCUT2D eigenvalue weighted by Crippen LogP contribution is 2.37. The standard InChI is InChI=1S/C24H21N3O5/c1-12-9-13(2)20(14(3)10-12)27-22(29)17(21(28)26-24(27)31)11-16-15-7-5-6-8-18(15)25-19(16)23(30)32-4/h5-11,29H,1-4H3,(H,26,28,31)/b16-11+. The quantitative estimate of drug-likeness (QED) is 0.619. The fourth-order valence-electron chi connectivity index (χ4n) is 4.05. The second-order valence-electron chi connectivity index (χ2n) is 7.61. The van der Waals surface area contributed by atoms with Gasteiger partial charge in [-0.2, -0.15) is 0 Å². The van der Waals surface area contributed by atoms with Crippen LogP contribution in [0, 0.1) is 20.8 Å². The van der Waals surface area contributed by atoms with E-state index in [2.05, 4.69) is 9.98 Å². The zero-order chi connectivity index (χ0) is 23.2. The number of benzene rings is 2. The molecule has 0 unspecified atom stereocenters. The number of aryl methyl sites for hydroxylation is 3. The van der Waals surface area contributed by atoms with Crippen LogP contribution in [-0.4, -0.2) is 33.4 Å². The van der Waals surface area contributed by atoms with Gasteiger partial charge in [0.25, 0.3) is 5.56 Å². The van der Waals surface area contributed by atoms with Crippen molar-refractivity contribution in [3.05, 3.63) is 85.1 Å². The number of aromatic hydroxyl groups is 1. The van der Waals surface area contributed by atoms with Crippen molar-refractivity contribution in [2.75, 3.05) is 7.11 Å². The molecule has 2 heterocycles. The molecule has 32 heavy (non-hydrogen) atoms. The van der Waals surface area contributed by atoms with Crippen molar-refractivity contribution >= 4 is 29.0 Å². The summed E-state index contributed by atoms with van der Waals surface area (Å²) >= 11 is 0. The van der Waals surface area contributed by atoms with E-state index in [1.807, 2.05) is 32.9 Å². The lowest BCUT2D eigenvalue weighted by atomic mass is 10.0. The Labute approximate surface area is 183 Å². The highest BCUT2D eigenvalue weighted by molar-refractivity contribution is 6.58. The minimum absolute atomic E-state index is 0.00736. The number of fused-ring (bicyclic) bond motifs is 1. The van der Waals surface area contributed by atoms with Gasteiger partial charge in [-0.05, 0) is 44.0 Å². The van der Waals surface area contributed by atoms with Crippen molar-refractivity contribution < 1.29 is 14.6 Å². The Bertz CT molecular complexity index is 1430. The summed E-state index contributed by atoms with van der Waals surface area (Å²) in [6.07, 6.45) is 1.35. The second kappa shape index (κ2) is 7.81. The minimum Gasteiger partial charge on any atom is -0.494 e. The molecule has 0 spiro atoms. The van der Waals surface area contributed by atoms with Crippen LogP contribution in [-0.2, 0) is 9.53 Å². The maximum Gasteiger partial charge on any atom is 0.357 e. The molecule has 0 radical (unpaired) electrons. The number of aromatic amines is 1. The van der Waals surface area contributed by atoms with Crippen LogP contribution in [0.3, 0.4) is 0 Å². The number of ether oxygens (including phenoxy) is 1. The van der Waals surface area contributed by atoms with E-state index in [4.69, 9.17) is 4.74 Å². The molecular formula is C24H21N3O5. The Morgan fingerprint density at radius 3 is 2.44 bits per heavy atom. The summed E-state index contributed by atoms with van der Waals surface area (Å²) in [5.74, 6) is -1.21. The van der Waals surface area contributed by atoms with Crippen molar-refractivity contribution in [1.82, 2.24) is 9.55 Å². The average molecular weight is 431 g/mol. The first-order valence-electron chi connectivity index (χ1n) is 9.88. The van der Waals surface area contributed by atoms with E-state index in [9.17, 15) is 19.5 Å². The van der Waals surface area contributed by atoms with E-state index in [0.717, 1.165) is 21.3 Å². The van der Waals surface area contributed by atoms with Crippen molar-refractivity contribution in [2.45, 2.75) is 20.8 Å². The predicted octanol–water partition coefficient (Wildman–Crippen LogP) is 2.96. The Hall–Kier alpha value is -4.20. The highest BCUT2D eigenvalue weighted by Gasteiger charge is 2.28. The van der Waals surface area contributed by atoms with Crippen LogP contribution in [0.25, 0.3) is 17.3 Å². The summed E-state index contributed by atoms with van der Waals surface area (Å²) in [7, 11) is 1.23. The zero-order valence-electron chi connectivity index (χ0n) is 18.0. The molecule has 8 nitrogen and oxygen atoms in total. The third-order valence-electron chi connectivity index (χ3n) is 5.33. The maximum atomic E-state index is 12.7. The first-order chi connectivity index (χ1) is 15.2. The molecule has 2 N–H and O–H groups in total. The van der Waals surface area contributed by atoms with Gasteiger partial charge in [0.05, 0.1) is 18.5 Å². The lowest BCUT2D eigenvalue weighted by Gasteiger charge is -2.16. The number of esters is 1. The number of rotatable bonds is 3. The summed E-state index contributed by atoms with van der Waals surface area (Å²) in [4.78, 5) is 44.3. The Balaban J connectivity index is 2.01. The number of aromatic nitrogens is 2. The maximum absolute atomic E-state index is 12.7. The lowest BCUT2D eigenvalue weighted by molar-refractivity contribution is -0.132. The second-order valence-corrected chi connectivity index (χ2v) is 7.61. The normalized spacial score (nSPS) is 13.8. The van der Waals surface area contributed by atoms with Crippen molar-refractivity contribution in [1.29, 1.82) is 0 Å². The van der Waals surface area contributed by atoms with Gasteiger partial charge in [-0.1, -0.05) is 35.9 Å². The minimum atomic E-state index is -0.785. The van der Waals surface area contributed by atoms with Crippen LogP contribution in [0.15, 0.2) is 51.0 Å². The summed E-state index contributed by atoms with van der Waals surface area (Å²) < 4.78 is 5.90. The summed E-state index contributed by atoms with van der Waals surface area (Å²) in [6, 6.07) is 10.8. The van der Waals surface area contributed by atoms with Gasteiger partial charge < -0.3 is 9.84 Å². The molecule has 0 aliphatic carbocycles. The van der Waals surface area contributed by atoms with E-state index >= 15 is 0 Å². The summed E-state index contributed by atoms with van der Waals surface area (Å²) in [5, 5.41) is 11.1. The van der Waals surface area contributed by atoms with Gasteiger partial charge in [0.1, 0.15) is 5.56 Å². The molecule has 0 bridgehead atoms. The lowest BCUT2D eigenvalue weighted by Crippen LogP contribution is -2.31. The molecular weight excluding hydrogens is 410 g/mol. The number of hydrogen-bond acceptors (Lipinski definition) is 6. The van der Waals surface area contributed by atoms with E-state index in [1.165, 1.54) is 13.2 Å². The fraction of sp³-hybridized carbons (Fsp3) is 0.167. The van der Waals surface area contributed by atoms with Crippen LogP contribution in [0.4, 0.5) is 5.69 Å². The molecule has 1 aromatic heterocycles. The van der Waals surface area contributed by atoms with Crippen LogP contribution in [0.2, 0.25) is 0 Å². The number of carbonyl (C=O) groups is 1. The van der Waals surface area contributed by atoms with Crippen molar-refractivity contribution in [3.8, 4) is 11.6 Å². The van der Waals surface area contributed by atoms with Gasteiger partial charge in [0, 0.05) is 11.1 Å². The van der Waals surface area contributed by atoms with E-state index in [1.54, 1.807) is 24.3 Å². The number of aliphatic imine (C=N–C) groups is 1. The highest BCUT2D eigenvalue weighted by atomic mass is 16.5. The third-order valence-corrected chi connectivity index (χ3v) is 5.33. The van der Waals surface area contributed by atoms with Gasteiger partial charge in [0.2, 0.25) is 5.88 Å². The number of H-pyrrole nitrogens is 1. The molecule has 162 valence electrons. The Morgan fingerprint density at radius 1 is 1.12 bits per heavy atom. The fourth-order valence-corrected chi connectivity index (χ4v) is 4.05.